The molecule has 0 aliphatic heterocycles. The molecular formula is C14H11Cl2NO4. The fourth-order valence-electron chi connectivity index (χ4n) is 1.68. The highest BCUT2D eigenvalue weighted by Crippen LogP contribution is 2.31. The molecular weight excluding hydrogens is 317 g/mol. The molecule has 2 aromatic rings. The Kier molecular flexibility index (Phi) is 4.45. The van der Waals surface area contributed by atoms with Gasteiger partial charge in [-0.3, -0.25) is 0 Å². The van der Waals surface area contributed by atoms with Crippen LogP contribution in [0.25, 0.3) is 0 Å². The van der Waals surface area contributed by atoms with Crippen LogP contribution in [-0.2, 0) is 6.61 Å². The number of nitrogen functional groups attached to an aromatic ring is 1. The summed E-state index contributed by atoms with van der Waals surface area (Å²) in [4.78, 5) is 11.0. The lowest BCUT2D eigenvalue weighted by molar-refractivity contribution is 0.0693. The summed E-state index contributed by atoms with van der Waals surface area (Å²) in [5, 5.41) is 19.5. The predicted octanol–water partition coefficient (Wildman–Crippen LogP) is 3.56. The van der Waals surface area contributed by atoms with Crippen LogP contribution in [0.3, 0.4) is 0 Å². The summed E-state index contributed by atoms with van der Waals surface area (Å²) in [5.74, 6) is -1.57. The van der Waals surface area contributed by atoms with Crippen molar-refractivity contribution in [3.8, 4) is 11.5 Å². The van der Waals surface area contributed by atoms with E-state index in [-0.39, 0.29) is 23.6 Å². The van der Waals surface area contributed by atoms with Gasteiger partial charge in [-0.05, 0) is 18.2 Å². The van der Waals surface area contributed by atoms with E-state index < -0.39 is 11.7 Å². The van der Waals surface area contributed by atoms with Gasteiger partial charge in [-0.1, -0.05) is 29.3 Å². The molecule has 0 aromatic heterocycles. The van der Waals surface area contributed by atoms with E-state index in [1.165, 1.54) is 12.1 Å². The van der Waals surface area contributed by atoms with Crippen LogP contribution >= 0.6 is 23.2 Å². The van der Waals surface area contributed by atoms with E-state index in [0.29, 0.717) is 15.6 Å². The molecule has 0 saturated heterocycles. The molecule has 5 nitrogen and oxygen atoms in total. The molecule has 0 fully saturated rings. The highest BCUT2D eigenvalue weighted by atomic mass is 35.5. The van der Waals surface area contributed by atoms with E-state index >= 15 is 0 Å². The number of phenols is 1. The second kappa shape index (κ2) is 6.11. The number of ether oxygens (including phenoxy) is 1. The third-order valence-electron chi connectivity index (χ3n) is 2.75. The van der Waals surface area contributed by atoms with E-state index in [0.717, 1.165) is 0 Å². The summed E-state index contributed by atoms with van der Waals surface area (Å²) in [7, 11) is 0. The van der Waals surface area contributed by atoms with Gasteiger partial charge in [-0.2, -0.15) is 0 Å². The molecule has 0 spiro atoms. The van der Waals surface area contributed by atoms with Gasteiger partial charge in [0.05, 0.1) is 5.69 Å². The monoisotopic (exact) mass is 327 g/mol. The summed E-state index contributed by atoms with van der Waals surface area (Å²) in [5.41, 5.74) is 5.82. The first-order chi connectivity index (χ1) is 9.88. The Morgan fingerprint density at radius 1 is 1.24 bits per heavy atom. The Bertz CT molecular complexity index is 704. The fourth-order valence-corrected chi connectivity index (χ4v) is 2.14. The topological polar surface area (TPSA) is 92.8 Å². The first-order valence-electron chi connectivity index (χ1n) is 5.81. The highest BCUT2D eigenvalue weighted by Gasteiger charge is 2.15. The third kappa shape index (κ3) is 3.51. The maximum atomic E-state index is 11.0. The smallest absolute Gasteiger partial charge is 0.339 e. The number of halogens is 2. The van der Waals surface area contributed by atoms with Gasteiger partial charge in [-0.25, -0.2) is 4.79 Å². The van der Waals surface area contributed by atoms with Gasteiger partial charge in [0, 0.05) is 21.7 Å². The number of hydrogen-bond donors (Lipinski definition) is 3. The quantitative estimate of drug-likeness (QED) is 0.589. The Labute approximate surface area is 130 Å². The minimum absolute atomic E-state index is 0.0768. The predicted molar refractivity (Wildman–Crippen MR) is 80.3 cm³/mol. The normalized spacial score (nSPS) is 10.4. The van der Waals surface area contributed by atoms with Crippen LogP contribution in [0.5, 0.6) is 11.5 Å². The van der Waals surface area contributed by atoms with Gasteiger partial charge in [0.1, 0.15) is 17.9 Å². The van der Waals surface area contributed by atoms with E-state index in [4.69, 9.17) is 38.8 Å². The second-order valence-electron chi connectivity index (χ2n) is 4.24. The summed E-state index contributed by atoms with van der Waals surface area (Å²) >= 11 is 11.8. The summed E-state index contributed by atoms with van der Waals surface area (Å²) in [6.45, 7) is 0.110. The van der Waals surface area contributed by atoms with Gasteiger partial charge in [0.25, 0.3) is 0 Å². The van der Waals surface area contributed by atoms with Crippen LogP contribution in [0.4, 0.5) is 5.69 Å². The lowest BCUT2D eigenvalue weighted by atomic mass is 10.1. The molecule has 0 aliphatic carbocycles. The molecule has 0 heterocycles. The van der Waals surface area contributed by atoms with Crippen molar-refractivity contribution in [2.75, 3.05) is 5.73 Å². The van der Waals surface area contributed by atoms with Crippen molar-refractivity contribution >= 4 is 34.9 Å². The van der Waals surface area contributed by atoms with E-state index in [9.17, 15) is 9.90 Å². The standard InChI is InChI=1S/C14H11Cl2NO4/c15-8-2-1-7(11(16)3-8)6-21-9-4-10(14(19)20)13(18)12(17)5-9/h1-5,18H,6,17H2,(H,19,20). The van der Waals surface area contributed by atoms with E-state index in [1.54, 1.807) is 18.2 Å². The number of hydrogen-bond acceptors (Lipinski definition) is 4. The fraction of sp³-hybridized carbons (Fsp3) is 0.0714. The number of anilines is 1. The zero-order valence-electron chi connectivity index (χ0n) is 10.6. The van der Waals surface area contributed by atoms with Gasteiger partial charge in [0.2, 0.25) is 0 Å². The lowest BCUT2D eigenvalue weighted by Crippen LogP contribution is -2.02. The van der Waals surface area contributed by atoms with Crippen LogP contribution in [0.1, 0.15) is 15.9 Å². The Hall–Kier alpha value is -2.11. The zero-order chi connectivity index (χ0) is 15.6. The minimum atomic E-state index is -1.30. The summed E-state index contributed by atoms with van der Waals surface area (Å²) in [6, 6.07) is 7.48. The van der Waals surface area contributed by atoms with Gasteiger partial charge in [0.15, 0.2) is 5.75 Å². The molecule has 2 rings (SSSR count). The molecule has 2 aromatic carbocycles. The van der Waals surface area contributed by atoms with E-state index in [2.05, 4.69) is 0 Å². The number of nitrogens with two attached hydrogens (primary N) is 1. The zero-order valence-corrected chi connectivity index (χ0v) is 12.1. The molecule has 0 radical (unpaired) electrons. The lowest BCUT2D eigenvalue weighted by Gasteiger charge is -2.11. The number of rotatable bonds is 4. The number of aromatic carboxylic acids is 1. The highest BCUT2D eigenvalue weighted by molar-refractivity contribution is 6.35. The largest absolute Gasteiger partial charge is 0.505 e. The van der Waals surface area contributed by atoms with Crippen molar-refractivity contribution < 1.29 is 19.7 Å². The average molecular weight is 328 g/mol. The first-order valence-corrected chi connectivity index (χ1v) is 6.56. The van der Waals surface area contributed by atoms with Crippen LogP contribution in [0.15, 0.2) is 30.3 Å². The molecule has 110 valence electrons. The molecule has 4 N–H and O–H groups in total. The first kappa shape index (κ1) is 15.3. The van der Waals surface area contributed by atoms with Crippen molar-refractivity contribution in [1.29, 1.82) is 0 Å². The number of carboxylic acid groups (broad SMARTS) is 1. The maximum absolute atomic E-state index is 11.0. The molecule has 0 amide bonds. The van der Waals surface area contributed by atoms with Gasteiger partial charge in [-0.15, -0.1) is 0 Å². The SMILES string of the molecule is Nc1cc(OCc2ccc(Cl)cc2Cl)cc(C(=O)O)c1O. The molecule has 0 bridgehead atoms. The van der Waals surface area contributed by atoms with Crippen LogP contribution in [0.2, 0.25) is 10.0 Å². The van der Waals surface area contributed by atoms with Gasteiger partial charge >= 0.3 is 5.97 Å². The van der Waals surface area contributed by atoms with Crippen molar-refractivity contribution in [2.24, 2.45) is 0 Å². The van der Waals surface area contributed by atoms with Crippen LogP contribution in [-0.4, -0.2) is 16.2 Å². The van der Waals surface area contributed by atoms with Crippen molar-refractivity contribution in [2.45, 2.75) is 6.61 Å². The van der Waals surface area contributed by atoms with Crippen molar-refractivity contribution in [3.63, 3.8) is 0 Å². The van der Waals surface area contributed by atoms with Crippen molar-refractivity contribution in [1.82, 2.24) is 0 Å². The Morgan fingerprint density at radius 3 is 2.57 bits per heavy atom. The third-order valence-corrected chi connectivity index (χ3v) is 3.34. The molecule has 7 heteroatoms. The second-order valence-corrected chi connectivity index (χ2v) is 5.08. The Morgan fingerprint density at radius 2 is 1.95 bits per heavy atom. The van der Waals surface area contributed by atoms with Crippen LogP contribution < -0.4 is 10.5 Å². The number of carbonyl (C=O) groups is 1. The molecule has 0 atom stereocenters. The number of aromatic hydroxyl groups is 1. The van der Waals surface area contributed by atoms with Crippen molar-refractivity contribution in [3.05, 3.63) is 51.5 Å². The molecule has 21 heavy (non-hydrogen) atoms. The summed E-state index contributed by atoms with van der Waals surface area (Å²) < 4.78 is 5.46. The molecule has 0 unspecified atom stereocenters. The number of carboxylic acids is 1. The molecule has 0 saturated carbocycles. The summed E-state index contributed by atoms with van der Waals surface area (Å²) in [6.07, 6.45) is 0. The Balaban J connectivity index is 2.22. The maximum Gasteiger partial charge on any atom is 0.339 e. The molecule has 0 aliphatic rings. The van der Waals surface area contributed by atoms with E-state index in [1.807, 2.05) is 0 Å². The van der Waals surface area contributed by atoms with Gasteiger partial charge < -0.3 is 20.7 Å². The minimum Gasteiger partial charge on any atom is -0.505 e. The average Bonchev–Trinajstić information content (AvgIpc) is 2.41. The van der Waals surface area contributed by atoms with Crippen LogP contribution in [0, 0.1) is 0 Å². The number of benzene rings is 2.